The third kappa shape index (κ3) is 4.86. The molecule has 0 aromatic carbocycles. The fourth-order valence-corrected chi connectivity index (χ4v) is 6.32. The van der Waals surface area contributed by atoms with Crippen LogP contribution in [0.15, 0.2) is 47.6 Å². The Labute approximate surface area is 184 Å². The second-order valence-electron chi connectivity index (χ2n) is 11.0. The average Bonchev–Trinajstić information content (AvgIpc) is 3.04. The first kappa shape index (κ1) is 23.5. The van der Waals surface area contributed by atoms with Gasteiger partial charge in [0.1, 0.15) is 0 Å². The van der Waals surface area contributed by atoms with Crippen LogP contribution in [0.4, 0.5) is 0 Å². The molecule has 2 nitrogen and oxygen atoms in total. The molecule has 30 heavy (non-hydrogen) atoms. The van der Waals surface area contributed by atoms with Crippen LogP contribution in [0.1, 0.15) is 79.6 Å². The molecule has 0 saturated heterocycles. The Hall–Kier alpha value is -1.12. The molecule has 0 radical (unpaired) electrons. The van der Waals surface area contributed by atoms with Crippen LogP contribution >= 0.6 is 0 Å². The normalized spacial score (nSPS) is 39.8. The highest BCUT2D eigenvalue weighted by atomic mass is 16.3. The maximum Gasteiger partial charge on any atom is 0.0811 e. The van der Waals surface area contributed by atoms with Crippen LogP contribution in [-0.2, 0) is 0 Å². The van der Waals surface area contributed by atoms with Gasteiger partial charge in [-0.2, -0.15) is 0 Å². The molecule has 3 rings (SSSR count). The van der Waals surface area contributed by atoms with Gasteiger partial charge in [0.15, 0.2) is 0 Å². The highest BCUT2D eigenvalue weighted by Gasteiger charge is 2.50. The van der Waals surface area contributed by atoms with E-state index in [-0.39, 0.29) is 0 Å². The van der Waals surface area contributed by atoms with Gasteiger partial charge < -0.3 is 10.2 Å². The summed E-state index contributed by atoms with van der Waals surface area (Å²) >= 11 is 0. The van der Waals surface area contributed by atoms with Crippen LogP contribution in [0.2, 0.25) is 0 Å². The average molecular weight is 413 g/mol. The summed E-state index contributed by atoms with van der Waals surface area (Å²) in [6, 6.07) is 0. The molecular formula is C28H44O2. The lowest BCUT2D eigenvalue weighted by atomic mass is 9.61. The number of rotatable bonds is 5. The third-order valence-electron chi connectivity index (χ3n) is 8.71. The van der Waals surface area contributed by atoms with Crippen molar-refractivity contribution in [1.82, 2.24) is 0 Å². The van der Waals surface area contributed by atoms with Gasteiger partial charge in [-0.05, 0) is 84.7 Å². The summed E-state index contributed by atoms with van der Waals surface area (Å²) in [7, 11) is 0. The largest absolute Gasteiger partial charge is 0.393 e. The molecule has 0 heterocycles. The van der Waals surface area contributed by atoms with E-state index in [4.69, 9.17) is 0 Å². The Morgan fingerprint density at radius 3 is 2.50 bits per heavy atom. The van der Waals surface area contributed by atoms with Crippen molar-refractivity contribution in [1.29, 1.82) is 0 Å². The van der Waals surface area contributed by atoms with Crippen LogP contribution in [0.3, 0.4) is 0 Å². The maximum absolute atomic E-state index is 10.1. The van der Waals surface area contributed by atoms with Crippen molar-refractivity contribution in [3.63, 3.8) is 0 Å². The topological polar surface area (TPSA) is 40.5 Å². The van der Waals surface area contributed by atoms with E-state index in [0.29, 0.717) is 41.9 Å². The molecule has 2 N–H and O–H groups in total. The smallest absolute Gasteiger partial charge is 0.0811 e. The van der Waals surface area contributed by atoms with Gasteiger partial charge in [-0.3, -0.25) is 0 Å². The van der Waals surface area contributed by atoms with E-state index >= 15 is 0 Å². The Balaban J connectivity index is 1.76. The van der Waals surface area contributed by atoms with Crippen molar-refractivity contribution >= 4 is 0 Å². The highest BCUT2D eigenvalue weighted by Crippen LogP contribution is 2.59. The van der Waals surface area contributed by atoms with Crippen molar-refractivity contribution in [2.45, 2.75) is 91.8 Å². The van der Waals surface area contributed by atoms with Gasteiger partial charge in [0, 0.05) is 6.42 Å². The molecule has 0 aromatic rings. The second-order valence-corrected chi connectivity index (χ2v) is 11.0. The molecule has 3 aliphatic carbocycles. The number of aliphatic hydroxyl groups is 2. The summed E-state index contributed by atoms with van der Waals surface area (Å²) in [5, 5.41) is 20.2. The molecule has 0 bridgehead atoms. The first-order valence-corrected chi connectivity index (χ1v) is 12.3. The first-order valence-electron chi connectivity index (χ1n) is 12.3. The van der Waals surface area contributed by atoms with Gasteiger partial charge in [0.25, 0.3) is 0 Å². The fraction of sp³-hybridized carbons (Fsp3) is 0.714. The SMILES string of the molecule is C=C1/C(=C/C=C2\CCC[C@]3(C)[C@@H]([C@H](C)/C=C/[C@@H](C)C(C)C)CC[C@@H]23)C[C@@H](O)C[C@@H]1O. The zero-order valence-electron chi connectivity index (χ0n) is 19.9. The molecule has 2 heteroatoms. The Morgan fingerprint density at radius 1 is 1.07 bits per heavy atom. The lowest BCUT2D eigenvalue weighted by Crippen LogP contribution is -2.35. The molecular weight excluding hydrogens is 368 g/mol. The minimum absolute atomic E-state index is 0.385. The number of allylic oxidation sites excluding steroid dienone is 5. The number of hydrogen-bond donors (Lipinski definition) is 2. The van der Waals surface area contributed by atoms with E-state index in [1.54, 1.807) is 5.57 Å². The molecule has 7 atom stereocenters. The lowest BCUT2D eigenvalue weighted by molar-refractivity contribution is 0.0862. The van der Waals surface area contributed by atoms with Crippen LogP contribution in [0.25, 0.3) is 0 Å². The minimum atomic E-state index is -0.605. The Bertz CT molecular complexity index is 712. The Morgan fingerprint density at radius 2 is 1.80 bits per heavy atom. The van der Waals surface area contributed by atoms with E-state index in [1.807, 2.05) is 0 Å². The second kappa shape index (κ2) is 9.57. The van der Waals surface area contributed by atoms with Crippen molar-refractivity contribution in [3.8, 4) is 0 Å². The molecule has 3 aliphatic rings. The zero-order valence-corrected chi connectivity index (χ0v) is 19.9. The van der Waals surface area contributed by atoms with Crippen molar-refractivity contribution in [3.05, 3.63) is 47.6 Å². The molecule has 3 fully saturated rings. The van der Waals surface area contributed by atoms with E-state index in [2.05, 4.69) is 65.5 Å². The quantitative estimate of drug-likeness (QED) is 0.499. The molecule has 0 aromatic heterocycles. The number of aliphatic hydroxyl groups excluding tert-OH is 2. The van der Waals surface area contributed by atoms with Crippen LogP contribution in [-0.4, -0.2) is 22.4 Å². The molecule has 0 unspecified atom stereocenters. The standard InChI is InChI=1S/C28H44O2/c1-18(2)19(3)9-10-20(4)25-13-14-26-22(8-7-15-28(25,26)6)11-12-23-16-24(29)17-27(30)21(23)5/h9-12,18-20,24-27,29-30H,5,7-8,13-17H2,1-4,6H3/b10-9+,22-11+,23-12+/t19-,20-,24-,25-,26+,27+,28-/m1/s1. The van der Waals surface area contributed by atoms with E-state index in [9.17, 15) is 10.2 Å². The molecule has 168 valence electrons. The fourth-order valence-electron chi connectivity index (χ4n) is 6.32. The number of fused-ring (bicyclic) bond motifs is 1. The molecule has 0 spiro atoms. The van der Waals surface area contributed by atoms with E-state index in [1.165, 1.54) is 32.1 Å². The summed E-state index contributed by atoms with van der Waals surface area (Å²) in [4.78, 5) is 0. The predicted molar refractivity (Wildman–Crippen MR) is 127 cm³/mol. The summed E-state index contributed by atoms with van der Waals surface area (Å²) in [5.74, 6) is 3.38. The van der Waals surface area contributed by atoms with Crippen molar-refractivity contribution in [2.24, 2.45) is 35.0 Å². The van der Waals surface area contributed by atoms with E-state index < -0.39 is 12.2 Å². The van der Waals surface area contributed by atoms with Gasteiger partial charge in [-0.15, -0.1) is 0 Å². The predicted octanol–water partition coefficient (Wildman–Crippen LogP) is 6.61. The summed E-state index contributed by atoms with van der Waals surface area (Å²) in [6.45, 7) is 16.0. The number of hydrogen-bond acceptors (Lipinski definition) is 2. The molecule has 3 saturated carbocycles. The van der Waals surface area contributed by atoms with Crippen molar-refractivity contribution < 1.29 is 10.2 Å². The van der Waals surface area contributed by atoms with Crippen molar-refractivity contribution in [2.75, 3.05) is 0 Å². The lowest BCUT2D eigenvalue weighted by Gasteiger charge is -2.44. The van der Waals surface area contributed by atoms with E-state index in [0.717, 1.165) is 17.1 Å². The first-order chi connectivity index (χ1) is 14.1. The monoisotopic (exact) mass is 412 g/mol. The molecule has 0 aliphatic heterocycles. The molecule has 0 amide bonds. The summed E-state index contributed by atoms with van der Waals surface area (Å²) < 4.78 is 0. The highest BCUT2D eigenvalue weighted by molar-refractivity contribution is 5.38. The third-order valence-corrected chi connectivity index (χ3v) is 8.71. The van der Waals surface area contributed by atoms with Crippen LogP contribution < -0.4 is 0 Å². The van der Waals surface area contributed by atoms with Gasteiger partial charge >= 0.3 is 0 Å². The Kier molecular flexibility index (Phi) is 7.51. The van der Waals surface area contributed by atoms with Gasteiger partial charge in [-0.1, -0.05) is 71.1 Å². The van der Waals surface area contributed by atoms with Gasteiger partial charge in [0.2, 0.25) is 0 Å². The van der Waals surface area contributed by atoms with Crippen LogP contribution in [0, 0.1) is 35.0 Å². The van der Waals surface area contributed by atoms with Gasteiger partial charge in [0.05, 0.1) is 12.2 Å². The maximum atomic E-state index is 10.1. The van der Waals surface area contributed by atoms with Crippen LogP contribution in [0.5, 0.6) is 0 Å². The zero-order chi connectivity index (χ0) is 22.1. The van der Waals surface area contributed by atoms with Gasteiger partial charge in [-0.25, -0.2) is 0 Å². The summed E-state index contributed by atoms with van der Waals surface area (Å²) in [5.41, 5.74) is 3.77. The minimum Gasteiger partial charge on any atom is -0.393 e. The summed E-state index contributed by atoms with van der Waals surface area (Å²) in [6.07, 6.45) is 15.8.